The van der Waals surface area contributed by atoms with Gasteiger partial charge in [0.05, 0.1) is 5.92 Å². The lowest BCUT2D eigenvalue weighted by atomic mass is 9.86. The standard InChI is InChI=1S/C12H20O2/c13-12(14)11-7-3-6-10(11)8-9-4-1-2-5-9/h9-11H,1-8H2,(H,13,14). The summed E-state index contributed by atoms with van der Waals surface area (Å²) in [6.45, 7) is 0. The summed E-state index contributed by atoms with van der Waals surface area (Å²) in [5, 5.41) is 9.06. The van der Waals surface area contributed by atoms with E-state index in [-0.39, 0.29) is 5.92 Å². The molecule has 1 N–H and O–H groups in total. The summed E-state index contributed by atoms with van der Waals surface area (Å²) in [7, 11) is 0. The lowest BCUT2D eigenvalue weighted by Crippen LogP contribution is -2.20. The summed E-state index contributed by atoms with van der Waals surface area (Å²) in [4.78, 5) is 11.0. The van der Waals surface area contributed by atoms with Crippen LogP contribution in [0.15, 0.2) is 0 Å². The first-order valence-electron chi connectivity index (χ1n) is 6.00. The topological polar surface area (TPSA) is 37.3 Å². The summed E-state index contributed by atoms with van der Waals surface area (Å²) in [5.41, 5.74) is 0. The van der Waals surface area contributed by atoms with E-state index in [0.29, 0.717) is 5.92 Å². The van der Waals surface area contributed by atoms with Crippen molar-refractivity contribution in [2.45, 2.75) is 51.4 Å². The number of hydrogen-bond acceptors (Lipinski definition) is 1. The van der Waals surface area contributed by atoms with Gasteiger partial charge in [0, 0.05) is 0 Å². The van der Waals surface area contributed by atoms with Crippen LogP contribution in [0.2, 0.25) is 0 Å². The average Bonchev–Trinajstić information content (AvgIpc) is 2.75. The van der Waals surface area contributed by atoms with Crippen LogP contribution in [0.1, 0.15) is 51.4 Å². The van der Waals surface area contributed by atoms with E-state index in [1.165, 1.54) is 32.1 Å². The number of rotatable bonds is 3. The minimum atomic E-state index is -0.550. The zero-order valence-corrected chi connectivity index (χ0v) is 8.74. The largest absolute Gasteiger partial charge is 0.481 e. The maximum atomic E-state index is 11.0. The summed E-state index contributed by atoms with van der Waals surface area (Å²) >= 11 is 0. The van der Waals surface area contributed by atoms with Crippen LogP contribution in [-0.2, 0) is 4.79 Å². The maximum Gasteiger partial charge on any atom is 0.306 e. The van der Waals surface area contributed by atoms with E-state index >= 15 is 0 Å². The van der Waals surface area contributed by atoms with Gasteiger partial charge in [0.1, 0.15) is 0 Å². The summed E-state index contributed by atoms with van der Waals surface area (Å²) in [5.74, 6) is 0.775. The van der Waals surface area contributed by atoms with E-state index in [4.69, 9.17) is 5.11 Å². The molecule has 2 atom stereocenters. The third kappa shape index (κ3) is 2.10. The number of carboxylic acids is 1. The van der Waals surface area contributed by atoms with E-state index < -0.39 is 5.97 Å². The highest BCUT2D eigenvalue weighted by atomic mass is 16.4. The highest BCUT2D eigenvalue weighted by Crippen LogP contribution is 2.40. The molecule has 2 aliphatic carbocycles. The molecule has 80 valence electrons. The Morgan fingerprint density at radius 2 is 1.79 bits per heavy atom. The molecule has 0 bridgehead atoms. The van der Waals surface area contributed by atoms with E-state index in [1.807, 2.05) is 0 Å². The van der Waals surface area contributed by atoms with Gasteiger partial charge >= 0.3 is 5.97 Å². The first-order chi connectivity index (χ1) is 6.77. The van der Waals surface area contributed by atoms with Gasteiger partial charge in [-0.05, 0) is 31.1 Å². The minimum absolute atomic E-state index is 0.0180. The summed E-state index contributed by atoms with van der Waals surface area (Å²) in [6.07, 6.45) is 9.85. The number of carbonyl (C=O) groups is 1. The van der Waals surface area contributed by atoms with E-state index in [2.05, 4.69) is 0 Å². The zero-order chi connectivity index (χ0) is 9.97. The van der Waals surface area contributed by atoms with Crippen LogP contribution in [0.4, 0.5) is 0 Å². The van der Waals surface area contributed by atoms with Gasteiger partial charge in [-0.3, -0.25) is 4.79 Å². The van der Waals surface area contributed by atoms with Crippen molar-refractivity contribution in [3.05, 3.63) is 0 Å². The quantitative estimate of drug-likeness (QED) is 0.753. The third-order valence-corrected chi connectivity index (χ3v) is 4.09. The molecule has 2 rings (SSSR count). The van der Waals surface area contributed by atoms with E-state index in [0.717, 1.165) is 25.2 Å². The fourth-order valence-corrected chi connectivity index (χ4v) is 3.32. The molecule has 2 saturated carbocycles. The Labute approximate surface area is 85.7 Å². The van der Waals surface area contributed by atoms with Crippen molar-refractivity contribution in [1.29, 1.82) is 0 Å². The molecule has 0 aromatic carbocycles. The molecule has 0 spiro atoms. The predicted octanol–water partition coefficient (Wildman–Crippen LogP) is 3.07. The van der Waals surface area contributed by atoms with Gasteiger partial charge in [-0.25, -0.2) is 0 Å². The van der Waals surface area contributed by atoms with Crippen LogP contribution >= 0.6 is 0 Å². The van der Waals surface area contributed by atoms with Gasteiger partial charge in [-0.15, -0.1) is 0 Å². The normalized spacial score (nSPS) is 33.7. The Balaban J connectivity index is 1.86. The Kier molecular flexibility index (Phi) is 3.09. The Hall–Kier alpha value is -0.530. The van der Waals surface area contributed by atoms with Gasteiger partial charge in [-0.2, -0.15) is 0 Å². The first kappa shape index (κ1) is 10.0. The molecule has 0 aliphatic heterocycles. The monoisotopic (exact) mass is 196 g/mol. The molecular weight excluding hydrogens is 176 g/mol. The molecule has 0 saturated heterocycles. The van der Waals surface area contributed by atoms with E-state index in [1.54, 1.807) is 0 Å². The molecule has 0 amide bonds. The van der Waals surface area contributed by atoms with Crippen molar-refractivity contribution in [3.63, 3.8) is 0 Å². The van der Waals surface area contributed by atoms with Gasteiger partial charge in [0.15, 0.2) is 0 Å². The Morgan fingerprint density at radius 1 is 1.07 bits per heavy atom. The fraction of sp³-hybridized carbons (Fsp3) is 0.917. The van der Waals surface area contributed by atoms with Crippen molar-refractivity contribution < 1.29 is 9.90 Å². The average molecular weight is 196 g/mol. The molecule has 0 heterocycles. The van der Waals surface area contributed by atoms with Crippen molar-refractivity contribution >= 4 is 5.97 Å². The van der Waals surface area contributed by atoms with Crippen molar-refractivity contribution in [3.8, 4) is 0 Å². The number of aliphatic carboxylic acids is 1. The second-order valence-corrected chi connectivity index (χ2v) is 5.02. The Bertz CT molecular complexity index is 206. The van der Waals surface area contributed by atoms with Crippen molar-refractivity contribution in [2.75, 3.05) is 0 Å². The van der Waals surface area contributed by atoms with Crippen LogP contribution in [0.3, 0.4) is 0 Å². The van der Waals surface area contributed by atoms with Crippen molar-refractivity contribution in [1.82, 2.24) is 0 Å². The van der Waals surface area contributed by atoms with Crippen LogP contribution < -0.4 is 0 Å². The molecule has 0 aromatic heterocycles. The van der Waals surface area contributed by atoms with Crippen LogP contribution in [0, 0.1) is 17.8 Å². The highest BCUT2D eigenvalue weighted by molar-refractivity contribution is 5.70. The highest BCUT2D eigenvalue weighted by Gasteiger charge is 2.34. The zero-order valence-electron chi connectivity index (χ0n) is 8.74. The molecule has 0 radical (unpaired) electrons. The summed E-state index contributed by atoms with van der Waals surface area (Å²) < 4.78 is 0. The van der Waals surface area contributed by atoms with Gasteiger partial charge in [0.2, 0.25) is 0 Å². The smallest absolute Gasteiger partial charge is 0.306 e. The fourth-order valence-electron chi connectivity index (χ4n) is 3.32. The predicted molar refractivity (Wildman–Crippen MR) is 55.0 cm³/mol. The lowest BCUT2D eigenvalue weighted by Gasteiger charge is -2.19. The van der Waals surface area contributed by atoms with Crippen LogP contribution in [0.25, 0.3) is 0 Å². The summed E-state index contributed by atoms with van der Waals surface area (Å²) in [6, 6.07) is 0. The lowest BCUT2D eigenvalue weighted by molar-refractivity contribution is -0.143. The Morgan fingerprint density at radius 3 is 2.43 bits per heavy atom. The molecule has 2 fully saturated rings. The van der Waals surface area contributed by atoms with Crippen molar-refractivity contribution in [2.24, 2.45) is 17.8 Å². The van der Waals surface area contributed by atoms with Gasteiger partial charge < -0.3 is 5.11 Å². The molecule has 2 heteroatoms. The van der Waals surface area contributed by atoms with Gasteiger partial charge in [-0.1, -0.05) is 32.1 Å². The van der Waals surface area contributed by atoms with Crippen LogP contribution in [-0.4, -0.2) is 11.1 Å². The second-order valence-electron chi connectivity index (χ2n) is 5.02. The second kappa shape index (κ2) is 4.33. The molecule has 14 heavy (non-hydrogen) atoms. The number of hydrogen-bond donors (Lipinski definition) is 1. The van der Waals surface area contributed by atoms with Gasteiger partial charge in [0.25, 0.3) is 0 Å². The van der Waals surface area contributed by atoms with E-state index in [9.17, 15) is 4.79 Å². The third-order valence-electron chi connectivity index (χ3n) is 4.09. The minimum Gasteiger partial charge on any atom is -0.481 e. The molecular formula is C12H20O2. The molecule has 2 aliphatic rings. The molecule has 0 aromatic rings. The maximum absolute atomic E-state index is 11.0. The molecule has 2 nitrogen and oxygen atoms in total. The molecule has 2 unspecified atom stereocenters. The van der Waals surface area contributed by atoms with Crippen LogP contribution in [0.5, 0.6) is 0 Å². The number of carboxylic acid groups (broad SMARTS) is 1. The SMILES string of the molecule is O=C(O)C1CCCC1CC1CCCC1. The first-order valence-corrected chi connectivity index (χ1v) is 6.00.